The fourth-order valence-electron chi connectivity index (χ4n) is 3.82. The molecule has 0 unspecified atom stereocenters. The number of hydrogen-bond acceptors (Lipinski definition) is 4. The lowest BCUT2D eigenvalue weighted by molar-refractivity contribution is 0.0913. The predicted octanol–water partition coefficient (Wildman–Crippen LogP) is 3.55. The molecule has 29 heavy (non-hydrogen) atoms. The van der Waals surface area contributed by atoms with Gasteiger partial charge in [-0.15, -0.1) is 10.2 Å². The first-order valence-electron chi connectivity index (χ1n) is 10.3. The van der Waals surface area contributed by atoms with Crippen molar-refractivity contribution in [2.24, 2.45) is 0 Å². The summed E-state index contributed by atoms with van der Waals surface area (Å²) in [6, 6.07) is 6.49. The normalized spacial score (nSPS) is 17.0. The molecule has 1 aromatic carbocycles. The summed E-state index contributed by atoms with van der Waals surface area (Å²) in [6.07, 6.45) is 7.27. The second-order valence-electron chi connectivity index (χ2n) is 7.99. The summed E-state index contributed by atoms with van der Waals surface area (Å²) in [6.45, 7) is 1.64. The molecule has 2 aliphatic rings. The quantitative estimate of drug-likeness (QED) is 0.810. The number of benzene rings is 1. The Hall–Kier alpha value is -2.83. The summed E-state index contributed by atoms with van der Waals surface area (Å²) >= 11 is 0. The molecule has 1 heterocycles. The van der Waals surface area contributed by atoms with E-state index >= 15 is 0 Å². The minimum Gasteiger partial charge on any atom is -0.349 e. The van der Waals surface area contributed by atoms with Crippen LogP contribution in [0.4, 0.5) is 4.39 Å². The highest BCUT2D eigenvalue weighted by molar-refractivity contribution is 5.96. The van der Waals surface area contributed by atoms with Gasteiger partial charge in [0, 0.05) is 23.2 Å². The molecule has 2 aromatic rings. The molecule has 2 N–H and O–H groups in total. The molecule has 0 atom stereocenters. The van der Waals surface area contributed by atoms with E-state index in [1.54, 1.807) is 25.1 Å². The molecule has 0 spiro atoms. The van der Waals surface area contributed by atoms with Gasteiger partial charge in [-0.25, -0.2) is 4.39 Å². The van der Waals surface area contributed by atoms with Gasteiger partial charge in [-0.2, -0.15) is 0 Å². The Bertz CT molecular complexity index is 919. The van der Waals surface area contributed by atoms with E-state index in [4.69, 9.17) is 0 Å². The summed E-state index contributed by atoms with van der Waals surface area (Å²) in [4.78, 5) is 24.8. The van der Waals surface area contributed by atoms with E-state index < -0.39 is 5.82 Å². The van der Waals surface area contributed by atoms with E-state index in [1.807, 2.05) is 0 Å². The molecule has 0 aliphatic heterocycles. The number of carbonyl (C=O) groups is 2. The van der Waals surface area contributed by atoms with Crippen LogP contribution in [0, 0.1) is 12.7 Å². The molecule has 0 saturated heterocycles. The van der Waals surface area contributed by atoms with E-state index in [1.165, 1.54) is 6.07 Å². The molecular weight excluding hydrogens is 371 g/mol. The van der Waals surface area contributed by atoms with E-state index in [9.17, 15) is 14.0 Å². The molecule has 152 valence electrons. The van der Waals surface area contributed by atoms with Crippen molar-refractivity contribution in [3.8, 4) is 11.3 Å². The van der Waals surface area contributed by atoms with Crippen LogP contribution in [0.15, 0.2) is 24.3 Å². The predicted molar refractivity (Wildman–Crippen MR) is 107 cm³/mol. The second-order valence-corrected chi connectivity index (χ2v) is 7.99. The highest BCUT2D eigenvalue weighted by Crippen LogP contribution is 2.26. The van der Waals surface area contributed by atoms with Crippen molar-refractivity contribution < 1.29 is 14.0 Å². The molecule has 2 aliphatic carbocycles. The van der Waals surface area contributed by atoms with Crippen molar-refractivity contribution in [1.82, 2.24) is 20.8 Å². The molecule has 6 nitrogen and oxygen atoms in total. The van der Waals surface area contributed by atoms with Gasteiger partial charge >= 0.3 is 0 Å². The first-order chi connectivity index (χ1) is 14.0. The van der Waals surface area contributed by atoms with Crippen LogP contribution >= 0.6 is 0 Å². The third-order valence-corrected chi connectivity index (χ3v) is 5.91. The van der Waals surface area contributed by atoms with Crippen LogP contribution in [-0.2, 0) is 0 Å². The van der Waals surface area contributed by atoms with Crippen LogP contribution in [0.2, 0.25) is 0 Å². The van der Waals surface area contributed by atoms with Crippen LogP contribution in [0.1, 0.15) is 71.4 Å². The second kappa shape index (κ2) is 8.27. The van der Waals surface area contributed by atoms with E-state index in [2.05, 4.69) is 20.8 Å². The van der Waals surface area contributed by atoms with Crippen molar-refractivity contribution >= 4 is 11.8 Å². The van der Waals surface area contributed by atoms with Gasteiger partial charge in [-0.1, -0.05) is 12.8 Å². The Labute approximate surface area is 169 Å². The van der Waals surface area contributed by atoms with Crippen molar-refractivity contribution in [2.45, 2.75) is 64.0 Å². The Kier molecular flexibility index (Phi) is 5.56. The fourth-order valence-corrected chi connectivity index (χ4v) is 3.82. The first-order valence-corrected chi connectivity index (χ1v) is 10.3. The first kappa shape index (κ1) is 19.5. The Morgan fingerprint density at radius 3 is 2.17 bits per heavy atom. The average Bonchev–Trinajstić information content (AvgIpc) is 3.19. The van der Waals surface area contributed by atoms with Gasteiger partial charge in [0.1, 0.15) is 5.82 Å². The number of rotatable bonds is 5. The summed E-state index contributed by atoms with van der Waals surface area (Å²) in [5.74, 6) is -0.992. The summed E-state index contributed by atoms with van der Waals surface area (Å²) in [5.41, 5.74) is 1.82. The van der Waals surface area contributed by atoms with Gasteiger partial charge in [0.2, 0.25) is 0 Å². The van der Waals surface area contributed by atoms with Gasteiger partial charge in [0.05, 0.1) is 5.69 Å². The van der Waals surface area contributed by atoms with Gasteiger partial charge in [0.25, 0.3) is 11.8 Å². The zero-order chi connectivity index (χ0) is 20.4. The van der Waals surface area contributed by atoms with Crippen LogP contribution in [0.25, 0.3) is 11.3 Å². The van der Waals surface area contributed by atoms with Gasteiger partial charge in [-0.3, -0.25) is 9.59 Å². The number of nitrogens with zero attached hydrogens (tertiary/aromatic N) is 2. The Morgan fingerprint density at radius 2 is 1.59 bits per heavy atom. The lowest BCUT2D eigenvalue weighted by atomic mass is 9.92. The molecule has 2 saturated carbocycles. The van der Waals surface area contributed by atoms with Crippen LogP contribution in [0.3, 0.4) is 0 Å². The maximum Gasteiger partial charge on any atom is 0.272 e. The fraction of sp³-hybridized carbons (Fsp3) is 0.455. The minimum absolute atomic E-state index is 0.174. The SMILES string of the molecule is Cc1c(F)cc(C(=O)NC2CCC2)cc1-c1ccc(C(=O)NC2CCCC2)nn1. The third kappa shape index (κ3) is 4.28. The smallest absolute Gasteiger partial charge is 0.272 e. The minimum atomic E-state index is -0.467. The van der Waals surface area contributed by atoms with Crippen LogP contribution in [0.5, 0.6) is 0 Å². The van der Waals surface area contributed by atoms with E-state index in [0.29, 0.717) is 16.8 Å². The van der Waals surface area contributed by atoms with Crippen LogP contribution < -0.4 is 10.6 Å². The summed E-state index contributed by atoms with van der Waals surface area (Å²) in [7, 11) is 0. The number of carbonyl (C=O) groups excluding carboxylic acids is 2. The largest absolute Gasteiger partial charge is 0.349 e. The maximum atomic E-state index is 14.5. The number of aromatic nitrogens is 2. The molecule has 0 bridgehead atoms. The van der Waals surface area contributed by atoms with Crippen molar-refractivity contribution in [1.29, 1.82) is 0 Å². The van der Waals surface area contributed by atoms with Crippen molar-refractivity contribution in [3.63, 3.8) is 0 Å². The van der Waals surface area contributed by atoms with Crippen LogP contribution in [-0.4, -0.2) is 34.1 Å². The monoisotopic (exact) mass is 396 g/mol. The van der Waals surface area contributed by atoms with Crippen molar-refractivity contribution in [3.05, 3.63) is 46.9 Å². The van der Waals surface area contributed by atoms with E-state index in [0.717, 1.165) is 44.9 Å². The standard InChI is InChI=1S/C22H25FN4O2/c1-13-17(11-14(12-18(13)23)21(28)24-16-7-4-8-16)19-9-10-20(27-26-19)22(29)25-15-5-2-3-6-15/h9-12,15-16H,2-8H2,1H3,(H,24,28)(H,25,29). The molecule has 0 radical (unpaired) electrons. The Morgan fingerprint density at radius 1 is 0.931 bits per heavy atom. The lowest BCUT2D eigenvalue weighted by Gasteiger charge is -2.26. The molecule has 1 aromatic heterocycles. The van der Waals surface area contributed by atoms with Gasteiger partial charge in [-0.05, 0) is 68.9 Å². The number of halogens is 1. The van der Waals surface area contributed by atoms with Gasteiger partial charge < -0.3 is 10.6 Å². The number of nitrogens with one attached hydrogen (secondary N) is 2. The van der Waals surface area contributed by atoms with Gasteiger partial charge in [0.15, 0.2) is 5.69 Å². The third-order valence-electron chi connectivity index (χ3n) is 5.91. The zero-order valence-electron chi connectivity index (χ0n) is 16.5. The summed E-state index contributed by atoms with van der Waals surface area (Å²) < 4.78 is 14.5. The molecule has 2 amide bonds. The van der Waals surface area contributed by atoms with Crippen molar-refractivity contribution in [2.75, 3.05) is 0 Å². The maximum absolute atomic E-state index is 14.5. The highest BCUT2D eigenvalue weighted by atomic mass is 19.1. The highest BCUT2D eigenvalue weighted by Gasteiger charge is 2.22. The number of hydrogen-bond donors (Lipinski definition) is 2. The molecule has 2 fully saturated rings. The molecule has 7 heteroatoms. The zero-order valence-corrected chi connectivity index (χ0v) is 16.5. The summed E-state index contributed by atoms with van der Waals surface area (Å²) in [5, 5.41) is 14.0. The lowest BCUT2D eigenvalue weighted by Crippen LogP contribution is -2.39. The van der Waals surface area contributed by atoms with E-state index in [-0.39, 0.29) is 35.2 Å². The topological polar surface area (TPSA) is 84.0 Å². The molecule has 4 rings (SSSR count). The average molecular weight is 396 g/mol. The molecular formula is C22H25FN4O2. The Balaban J connectivity index is 1.53. The number of amides is 2.